The number of rotatable bonds is 6. The SMILES string of the molecule is CCCNC(CC)C(O)c1ccc(Br)cc1. The molecule has 0 saturated heterocycles. The first-order valence-electron chi connectivity index (χ1n) is 5.86. The van der Waals surface area contributed by atoms with Gasteiger partial charge >= 0.3 is 0 Å². The lowest BCUT2D eigenvalue weighted by atomic mass is 10.0. The summed E-state index contributed by atoms with van der Waals surface area (Å²) in [5.74, 6) is 0. The van der Waals surface area contributed by atoms with Gasteiger partial charge in [0.15, 0.2) is 0 Å². The van der Waals surface area contributed by atoms with Gasteiger partial charge in [-0.2, -0.15) is 0 Å². The third-order valence-corrected chi connectivity index (χ3v) is 3.22. The number of benzene rings is 1. The fourth-order valence-electron chi connectivity index (χ4n) is 1.70. The molecule has 1 rings (SSSR count). The molecular formula is C13H20BrNO. The zero-order valence-corrected chi connectivity index (χ0v) is 11.5. The minimum atomic E-state index is -0.426. The summed E-state index contributed by atoms with van der Waals surface area (Å²) in [6.45, 7) is 5.17. The second-order valence-electron chi connectivity index (χ2n) is 3.97. The van der Waals surface area contributed by atoms with Gasteiger partial charge in [0.05, 0.1) is 6.10 Å². The smallest absolute Gasteiger partial charge is 0.0942 e. The van der Waals surface area contributed by atoms with Crippen LogP contribution in [0.3, 0.4) is 0 Å². The summed E-state index contributed by atoms with van der Waals surface area (Å²) in [6.07, 6.45) is 1.59. The summed E-state index contributed by atoms with van der Waals surface area (Å²) in [5.41, 5.74) is 0.971. The Kier molecular flexibility index (Phi) is 6.03. The van der Waals surface area contributed by atoms with E-state index in [2.05, 4.69) is 35.1 Å². The van der Waals surface area contributed by atoms with Crippen molar-refractivity contribution in [1.82, 2.24) is 5.32 Å². The van der Waals surface area contributed by atoms with Gasteiger partial charge in [0.1, 0.15) is 0 Å². The minimum absolute atomic E-state index is 0.140. The molecule has 0 aromatic heterocycles. The Morgan fingerprint density at radius 3 is 2.38 bits per heavy atom. The van der Waals surface area contributed by atoms with Gasteiger partial charge in [0, 0.05) is 10.5 Å². The summed E-state index contributed by atoms with van der Waals surface area (Å²) in [7, 11) is 0. The molecule has 0 aliphatic carbocycles. The maximum absolute atomic E-state index is 10.2. The van der Waals surface area contributed by atoms with Gasteiger partial charge in [0.2, 0.25) is 0 Å². The lowest BCUT2D eigenvalue weighted by molar-refractivity contribution is 0.126. The molecular weight excluding hydrogens is 266 g/mol. The standard InChI is InChI=1S/C13H20BrNO/c1-3-9-15-12(4-2)13(16)10-5-7-11(14)8-6-10/h5-8,12-13,15-16H,3-4,9H2,1-2H3. The lowest BCUT2D eigenvalue weighted by Crippen LogP contribution is -2.34. The van der Waals surface area contributed by atoms with Crippen molar-refractivity contribution >= 4 is 15.9 Å². The Bertz CT molecular complexity index is 299. The highest BCUT2D eigenvalue weighted by Crippen LogP contribution is 2.21. The molecule has 0 radical (unpaired) electrons. The Hall–Kier alpha value is -0.380. The minimum Gasteiger partial charge on any atom is -0.387 e. The van der Waals surface area contributed by atoms with E-state index in [-0.39, 0.29) is 6.04 Å². The molecule has 2 atom stereocenters. The second-order valence-corrected chi connectivity index (χ2v) is 4.88. The van der Waals surface area contributed by atoms with E-state index < -0.39 is 6.10 Å². The molecule has 0 heterocycles. The highest BCUT2D eigenvalue weighted by Gasteiger charge is 2.17. The molecule has 16 heavy (non-hydrogen) atoms. The number of aliphatic hydroxyl groups excluding tert-OH is 1. The van der Waals surface area contributed by atoms with Crippen molar-refractivity contribution in [3.8, 4) is 0 Å². The molecule has 2 unspecified atom stereocenters. The Balaban J connectivity index is 2.66. The van der Waals surface area contributed by atoms with Crippen molar-refractivity contribution in [1.29, 1.82) is 0 Å². The topological polar surface area (TPSA) is 32.3 Å². The van der Waals surface area contributed by atoms with Crippen molar-refractivity contribution in [2.45, 2.75) is 38.8 Å². The number of aliphatic hydroxyl groups is 1. The molecule has 1 aromatic rings. The van der Waals surface area contributed by atoms with E-state index in [1.807, 2.05) is 24.3 Å². The van der Waals surface area contributed by atoms with Gasteiger partial charge in [-0.1, -0.05) is 41.9 Å². The van der Waals surface area contributed by atoms with Crippen LogP contribution in [0.15, 0.2) is 28.7 Å². The predicted octanol–water partition coefficient (Wildman–Crippen LogP) is 3.26. The van der Waals surface area contributed by atoms with Crippen LogP contribution in [0.1, 0.15) is 38.4 Å². The first-order valence-corrected chi connectivity index (χ1v) is 6.65. The van der Waals surface area contributed by atoms with Crippen LogP contribution in [-0.2, 0) is 0 Å². The van der Waals surface area contributed by atoms with E-state index in [0.29, 0.717) is 0 Å². The number of halogens is 1. The number of hydrogen-bond acceptors (Lipinski definition) is 2. The molecule has 90 valence electrons. The van der Waals surface area contributed by atoms with Gasteiger partial charge in [0.25, 0.3) is 0 Å². The molecule has 2 N–H and O–H groups in total. The first-order chi connectivity index (χ1) is 7.69. The van der Waals surface area contributed by atoms with Gasteiger partial charge in [-0.15, -0.1) is 0 Å². The van der Waals surface area contributed by atoms with E-state index in [1.54, 1.807) is 0 Å². The lowest BCUT2D eigenvalue weighted by Gasteiger charge is -2.23. The van der Waals surface area contributed by atoms with Gasteiger partial charge in [-0.05, 0) is 37.1 Å². The summed E-state index contributed by atoms with van der Waals surface area (Å²) in [5, 5.41) is 13.6. The summed E-state index contributed by atoms with van der Waals surface area (Å²) in [4.78, 5) is 0. The van der Waals surface area contributed by atoms with Gasteiger partial charge < -0.3 is 10.4 Å². The average Bonchev–Trinajstić information content (AvgIpc) is 2.30. The third-order valence-electron chi connectivity index (χ3n) is 2.69. The van der Waals surface area contributed by atoms with Crippen molar-refractivity contribution in [3.05, 3.63) is 34.3 Å². The second kappa shape index (κ2) is 7.05. The third kappa shape index (κ3) is 3.89. The molecule has 0 aliphatic rings. The molecule has 0 amide bonds. The molecule has 0 bridgehead atoms. The van der Waals surface area contributed by atoms with Crippen LogP contribution in [0.4, 0.5) is 0 Å². The zero-order chi connectivity index (χ0) is 12.0. The largest absolute Gasteiger partial charge is 0.387 e. The highest BCUT2D eigenvalue weighted by atomic mass is 79.9. The Morgan fingerprint density at radius 2 is 1.88 bits per heavy atom. The molecule has 0 saturated carbocycles. The van der Waals surface area contributed by atoms with Crippen LogP contribution in [-0.4, -0.2) is 17.7 Å². The average molecular weight is 286 g/mol. The van der Waals surface area contributed by atoms with Crippen molar-refractivity contribution in [2.24, 2.45) is 0 Å². The monoisotopic (exact) mass is 285 g/mol. The molecule has 2 nitrogen and oxygen atoms in total. The van der Waals surface area contributed by atoms with Crippen molar-refractivity contribution in [2.75, 3.05) is 6.54 Å². The van der Waals surface area contributed by atoms with Crippen LogP contribution in [0.25, 0.3) is 0 Å². The van der Waals surface area contributed by atoms with Crippen LogP contribution >= 0.6 is 15.9 Å². The molecule has 1 aromatic carbocycles. The van der Waals surface area contributed by atoms with E-state index in [1.165, 1.54) is 0 Å². The fraction of sp³-hybridized carbons (Fsp3) is 0.538. The van der Waals surface area contributed by atoms with Crippen LogP contribution in [0.2, 0.25) is 0 Å². The summed E-state index contributed by atoms with van der Waals surface area (Å²) >= 11 is 3.39. The summed E-state index contributed by atoms with van der Waals surface area (Å²) in [6, 6.07) is 7.99. The summed E-state index contributed by atoms with van der Waals surface area (Å²) < 4.78 is 1.04. The molecule has 0 spiro atoms. The molecule has 0 fully saturated rings. The van der Waals surface area contributed by atoms with Gasteiger partial charge in [-0.25, -0.2) is 0 Å². The van der Waals surface area contributed by atoms with Crippen molar-refractivity contribution < 1.29 is 5.11 Å². The predicted molar refractivity (Wildman–Crippen MR) is 71.5 cm³/mol. The molecule has 0 aliphatic heterocycles. The maximum Gasteiger partial charge on any atom is 0.0942 e. The Morgan fingerprint density at radius 1 is 1.25 bits per heavy atom. The van der Waals surface area contributed by atoms with Crippen LogP contribution in [0.5, 0.6) is 0 Å². The Labute approximate surface area is 106 Å². The van der Waals surface area contributed by atoms with E-state index >= 15 is 0 Å². The van der Waals surface area contributed by atoms with Crippen molar-refractivity contribution in [3.63, 3.8) is 0 Å². The quantitative estimate of drug-likeness (QED) is 0.841. The normalized spacial score (nSPS) is 14.8. The fourth-order valence-corrected chi connectivity index (χ4v) is 1.97. The molecule has 3 heteroatoms. The highest BCUT2D eigenvalue weighted by molar-refractivity contribution is 9.10. The number of nitrogens with one attached hydrogen (secondary N) is 1. The first kappa shape index (κ1) is 13.7. The van der Waals surface area contributed by atoms with Crippen LogP contribution in [0, 0.1) is 0 Å². The van der Waals surface area contributed by atoms with Crippen LogP contribution < -0.4 is 5.32 Å². The van der Waals surface area contributed by atoms with E-state index in [9.17, 15) is 5.11 Å². The number of hydrogen-bond donors (Lipinski definition) is 2. The van der Waals surface area contributed by atoms with E-state index in [4.69, 9.17) is 0 Å². The van der Waals surface area contributed by atoms with Gasteiger partial charge in [-0.3, -0.25) is 0 Å². The van der Waals surface area contributed by atoms with E-state index in [0.717, 1.165) is 29.4 Å². The zero-order valence-electron chi connectivity index (χ0n) is 9.91. The maximum atomic E-state index is 10.2.